The summed E-state index contributed by atoms with van der Waals surface area (Å²) < 4.78 is 0. The molecule has 9 heteroatoms. The molecule has 0 aliphatic carbocycles. The molecule has 34 heavy (non-hydrogen) atoms. The molecule has 0 aliphatic rings. The summed E-state index contributed by atoms with van der Waals surface area (Å²) in [6.45, 7) is 1.74. The molecule has 7 nitrogen and oxygen atoms in total. The number of anilines is 1. The molecule has 1 amide bonds. The van der Waals surface area contributed by atoms with Gasteiger partial charge in [-0.3, -0.25) is 4.79 Å². The van der Waals surface area contributed by atoms with E-state index in [0.717, 1.165) is 10.9 Å². The van der Waals surface area contributed by atoms with Gasteiger partial charge in [0.25, 0.3) is 5.91 Å². The van der Waals surface area contributed by atoms with Crippen molar-refractivity contribution < 1.29 is 14.7 Å². The Morgan fingerprint density at radius 2 is 1.76 bits per heavy atom. The lowest BCUT2D eigenvalue weighted by Gasteiger charge is -2.22. The van der Waals surface area contributed by atoms with E-state index in [9.17, 15) is 14.7 Å². The van der Waals surface area contributed by atoms with Crippen molar-refractivity contribution in [3.63, 3.8) is 0 Å². The molecule has 2 unspecified atom stereocenters. The third kappa shape index (κ3) is 4.81. The minimum absolute atomic E-state index is 0.223. The molecule has 2 aromatic carbocycles. The third-order valence-electron chi connectivity index (χ3n) is 5.56. The number of nitrogens with one attached hydrogen (secondary N) is 1. The van der Waals surface area contributed by atoms with E-state index in [1.165, 1.54) is 18.3 Å². The van der Waals surface area contributed by atoms with Gasteiger partial charge in [-0.05, 0) is 48.0 Å². The minimum Gasteiger partial charge on any atom is -0.480 e. The Kier molecular flexibility index (Phi) is 6.68. The van der Waals surface area contributed by atoms with Gasteiger partial charge in [-0.2, -0.15) is 0 Å². The van der Waals surface area contributed by atoms with Gasteiger partial charge in [-0.1, -0.05) is 48.3 Å². The van der Waals surface area contributed by atoms with Crippen LogP contribution in [0.3, 0.4) is 0 Å². The Labute approximate surface area is 205 Å². The summed E-state index contributed by atoms with van der Waals surface area (Å²) in [4.78, 5) is 33.1. The van der Waals surface area contributed by atoms with Crippen LogP contribution in [-0.2, 0) is 4.79 Å². The number of nitrogen functional groups attached to an aromatic ring is 1. The highest BCUT2D eigenvalue weighted by Crippen LogP contribution is 2.34. The summed E-state index contributed by atoms with van der Waals surface area (Å²) in [7, 11) is 0. The highest BCUT2D eigenvalue weighted by atomic mass is 35.5. The van der Waals surface area contributed by atoms with Gasteiger partial charge in [0.15, 0.2) is 0 Å². The molecule has 4 rings (SSSR count). The summed E-state index contributed by atoms with van der Waals surface area (Å²) in [6.07, 6.45) is 1.30. The standard InChI is InChI=1S/C25H20Cl2N4O3/c1-13(23(25(33)34)31-24(32)16-7-10-21(28)29-12-16)14-5-8-19-15(11-14)6-9-20(30-19)22-17(26)3-2-4-18(22)27/h2-13,23H,1H3,(H2,28,29)(H,31,32)(H,33,34). The Balaban J connectivity index is 1.61. The summed E-state index contributed by atoms with van der Waals surface area (Å²) in [5.74, 6) is -1.95. The normalized spacial score (nSPS) is 12.8. The van der Waals surface area contributed by atoms with Crippen LogP contribution in [0.5, 0.6) is 0 Å². The van der Waals surface area contributed by atoms with Crippen molar-refractivity contribution in [1.29, 1.82) is 0 Å². The molecule has 4 N–H and O–H groups in total. The van der Waals surface area contributed by atoms with Crippen LogP contribution >= 0.6 is 23.2 Å². The fourth-order valence-corrected chi connectivity index (χ4v) is 4.26. The van der Waals surface area contributed by atoms with Crippen LogP contribution in [0, 0.1) is 0 Å². The van der Waals surface area contributed by atoms with Gasteiger partial charge in [0.1, 0.15) is 11.9 Å². The lowest BCUT2D eigenvalue weighted by molar-refractivity contribution is -0.139. The molecule has 172 valence electrons. The predicted octanol–water partition coefficient (Wildman–Crippen LogP) is 5.17. The largest absolute Gasteiger partial charge is 0.480 e. The number of aliphatic carboxylic acids is 1. The second kappa shape index (κ2) is 9.67. The maximum atomic E-state index is 12.6. The van der Waals surface area contributed by atoms with E-state index in [0.29, 0.717) is 26.8 Å². The van der Waals surface area contributed by atoms with Crippen molar-refractivity contribution in [1.82, 2.24) is 15.3 Å². The van der Waals surface area contributed by atoms with Gasteiger partial charge >= 0.3 is 5.97 Å². The maximum absolute atomic E-state index is 12.6. The third-order valence-corrected chi connectivity index (χ3v) is 6.19. The van der Waals surface area contributed by atoms with Crippen LogP contribution < -0.4 is 11.1 Å². The molecular formula is C25H20Cl2N4O3. The monoisotopic (exact) mass is 494 g/mol. The first kappa shape index (κ1) is 23.5. The molecule has 0 fully saturated rings. The number of benzene rings is 2. The van der Waals surface area contributed by atoms with Crippen molar-refractivity contribution in [2.75, 3.05) is 5.73 Å². The second-order valence-electron chi connectivity index (χ2n) is 7.80. The number of amides is 1. The van der Waals surface area contributed by atoms with E-state index in [1.54, 1.807) is 37.3 Å². The Morgan fingerprint density at radius 3 is 2.41 bits per heavy atom. The SMILES string of the molecule is CC(c1ccc2nc(-c3c(Cl)cccc3Cl)ccc2c1)C(NC(=O)c1ccc(N)nc1)C(=O)O. The predicted molar refractivity (Wildman–Crippen MR) is 133 cm³/mol. The number of carbonyl (C=O) groups is 2. The zero-order valence-electron chi connectivity index (χ0n) is 18.0. The molecule has 4 aromatic rings. The zero-order chi connectivity index (χ0) is 24.4. The smallest absolute Gasteiger partial charge is 0.326 e. The number of pyridine rings is 2. The van der Waals surface area contributed by atoms with Crippen LogP contribution in [0.2, 0.25) is 10.0 Å². The number of hydrogen-bond acceptors (Lipinski definition) is 5. The number of rotatable bonds is 6. The molecule has 0 saturated carbocycles. The molecule has 0 bridgehead atoms. The van der Waals surface area contributed by atoms with Crippen molar-refractivity contribution in [2.24, 2.45) is 0 Å². The van der Waals surface area contributed by atoms with Gasteiger partial charge in [0.2, 0.25) is 0 Å². The number of carbonyl (C=O) groups excluding carboxylic acids is 1. The second-order valence-corrected chi connectivity index (χ2v) is 8.61. The number of carboxylic acids is 1. The van der Waals surface area contributed by atoms with E-state index in [-0.39, 0.29) is 11.4 Å². The number of fused-ring (bicyclic) bond motifs is 1. The van der Waals surface area contributed by atoms with E-state index in [1.807, 2.05) is 18.2 Å². The minimum atomic E-state index is -1.16. The van der Waals surface area contributed by atoms with Gasteiger partial charge in [-0.25, -0.2) is 14.8 Å². The molecule has 2 aromatic heterocycles. The van der Waals surface area contributed by atoms with Crippen LogP contribution in [0.25, 0.3) is 22.2 Å². The number of carboxylic acid groups (broad SMARTS) is 1. The summed E-state index contributed by atoms with van der Waals surface area (Å²) in [6, 6.07) is 16.2. The Morgan fingerprint density at radius 1 is 1.03 bits per heavy atom. The van der Waals surface area contributed by atoms with Gasteiger partial charge < -0.3 is 16.2 Å². The summed E-state index contributed by atoms with van der Waals surface area (Å²) in [5, 5.41) is 14.2. The van der Waals surface area contributed by atoms with Crippen molar-refractivity contribution in [3.8, 4) is 11.3 Å². The molecule has 0 aliphatic heterocycles. The zero-order valence-corrected chi connectivity index (χ0v) is 19.5. The molecule has 0 radical (unpaired) electrons. The number of nitrogens with zero attached hydrogens (tertiary/aromatic N) is 2. The molecular weight excluding hydrogens is 475 g/mol. The summed E-state index contributed by atoms with van der Waals surface area (Å²) in [5.41, 5.74) is 8.50. The van der Waals surface area contributed by atoms with Crippen LogP contribution in [0.15, 0.2) is 66.9 Å². The first-order valence-corrected chi connectivity index (χ1v) is 11.1. The van der Waals surface area contributed by atoms with E-state index in [4.69, 9.17) is 28.9 Å². The topological polar surface area (TPSA) is 118 Å². The fraction of sp³-hybridized carbons (Fsp3) is 0.120. The van der Waals surface area contributed by atoms with E-state index in [2.05, 4.69) is 15.3 Å². The number of nitrogens with two attached hydrogens (primary N) is 1. The van der Waals surface area contributed by atoms with Crippen molar-refractivity contribution in [2.45, 2.75) is 18.9 Å². The first-order valence-electron chi connectivity index (χ1n) is 10.3. The quantitative estimate of drug-likeness (QED) is 0.340. The first-order chi connectivity index (χ1) is 16.2. The molecule has 2 heterocycles. The van der Waals surface area contributed by atoms with Crippen LogP contribution in [0.1, 0.15) is 28.8 Å². The average molecular weight is 495 g/mol. The summed E-state index contributed by atoms with van der Waals surface area (Å²) >= 11 is 12.6. The molecule has 0 saturated heterocycles. The fourth-order valence-electron chi connectivity index (χ4n) is 3.67. The van der Waals surface area contributed by atoms with Crippen molar-refractivity contribution >= 4 is 51.8 Å². The van der Waals surface area contributed by atoms with Gasteiger partial charge in [0.05, 0.1) is 26.8 Å². The number of halogens is 2. The molecule has 2 atom stereocenters. The van der Waals surface area contributed by atoms with Crippen LogP contribution in [0.4, 0.5) is 5.82 Å². The number of hydrogen-bond donors (Lipinski definition) is 3. The van der Waals surface area contributed by atoms with Crippen LogP contribution in [-0.4, -0.2) is 33.0 Å². The maximum Gasteiger partial charge on any atom is 0.326 e. The van der Waals surface area contributed by atoms with Gasteiger partial charge in [-0.15, -0.1) is 0 Å². The van der Waals surface area contributed by atoms with E-state index < -0.39 is 23.8 Å². The lowest BCUT2D eigenvalue weighted by atomic mass is 9.92. The highest BCUT2D eigenvalue weighted by molar-refractivity contribution is 6.39. The Hall–Kier alpha value is -3.68. The van der Waals surface area contributed by atoms with Crippen molar-refractivity contribution in [3.05, 3.63) is 88.0 Å². The Bertz CT molecular complexity index is 1370. The number of aromatic nitrogens is 2. The lowest BCUT2D eigenvalue weighted by Crippen LogP contribution is -2.44. The highest BCUT2D eigenvalue weighted by Gasteiger charge is 2.28. The van der Waals surface area contributed by atoms with Gasteiger partial charge in [0, 0.05) is 23.1 Å². The average Bonchev–Trinajstić information content (AvgIpc) is 2.81. The van der Waals surface area contributed by atoms with E-state index >= 15 is 0 Å². The molecule has 0 spiro atoms.